The first-order valence-corrected chi connectivity index (χ1v) is 28.8. The minimum Gasteiger partial charge on any atom is -0.462 e. The third-order valence-corrected chi connectivity index (χ3v) is 12.5. The number of hydrogen-bond acceptors (Lipinski definition) is 5. The number of esters is 2. The van der Waals surface area contributed by atoms with Gasteiger partial charge >= 0.3 is 11.9 Å². The molecule has 0 saturated carbocycles. The van der Waals surface area contributed by atoms with Gasteiger partial charge in [-0.1, -0.05) is 236 Å². The van der Waals surface area contributed by atoms with Crippen LogP contribution >= 0.6 is 0 Å². The van der Waals surface area contributed by atoms with E-state index in [4.69, 9.17) is 14.2 Å². The van der Waals surface area contributed by atoms with Crippen molar-refractivity contribution in [3.8, 4) is 0 Å². The largest absolute Gasteiger partial charge is 0.462 e. The van der Waals surface area contributed by atoms with E-state index in [-0.39, 0.29) is 25.2 Å². The summed E-state index contributed by atoms with van der Waals surface area (Å²) in [6.45, 7) is 7.72. The van der Waals surface area contributed by atoms with Crippen molar-refractivity contribution in [3.63, 3.8) is 0 Å². The molecule has 0 rings (SSSR count). The molecule has 0 bridgehead atoms. The van der Waals surface area contributed by atoms with Gasteiger partial charge in [0.2, 0.25) is 0 Å². The normalized spacial score (nSPS) is 12.6. The lowest BCUT2D eigenvalue weighted by Gasteiger charge is -2.18. The van der Waals surface area contributed by atoms with Crippen LogP contribution in [0.4, 0.5) is 0 Å². The fourth-order valence-electron chi connectivity index (χ4n) is 8.22. The number of hydrogen-bond donors (Lipinski definition) is 0. The number of ether oxygens (including phenoxy) is 3. The highest BCUT2D eigenvalue weighted by molar-refractivity contribution is 5.70. The van der Waals surface area contributed by atoms with Crippen LogP contribution in [0.15, 0.2) is 60.8 Å². The molecule has 0 aliphatic heterocycles. The van der Waals surface area contributed by atoms with Gasteiger partial charge in [0.25, 0.3) is 0 Å². The summed E-state index contributed by atoms with van der Waals surface area (Å²) in [5, 5.41) is 0. The van der Waals surface area contributed by atoms with Crippen molar-refractivity contribution < 1.29 is 23.8 Å². The Morgan fingerprint density at radius 1 is 0.348 bits per heavy atom. The summed E-state index contributed by atoms with van der Waals surface area (Å²) in [7, 11) is 0. The number of rotatable bonds is 53. The van der Waals surface area contributed by atoms with E-state index in [2.05, 4.69) is 81.5 Å². The molecule has 1 unspecified atom stereocenters. The third-order valence-electron chi connectivity index (χ3n) is 12.5. The molecule has 0 saturated heterocycles. The molecule has 1 atom stereocenters. The zero-order chi connectivity index (χ0) is 47.7. The van der Waals surface area contributed by atoms with Gasteiger partial charge in [-0.3, -0.25) is 9.59 Å². The Morgan fingerprint density at radius 3 is 1.11 bits per heavy atom. The van der Waals surface area contributed by atoms with Gasteiger partial charge in [0, 0.05) is 19.4 Å². The summed E-state index contributed by atoms with van der Waals surface area (Å²) in [5.74, 6) is -0.413. The van der Waals surface area contributed by atoms with Crippen LogP contribution in [0.1, 0.15) is 290 Å². The van der Waals surface area contributed by atoms with E-state index in [1.807, 2.05) is 0 Å². The first-order chi connectivity index (χ1) is 32.6. The first kappa shape index (κ1) is 63.6. The second-order valence-corrected chi connectivity index (χ2v) is 19.2. The number of unbranched alkanes of at least 4 members (excludes halogenated alkanes) is 32. The molecule has 0 aliphatic rings. The lowest BCUT2D eigenvalue weighted by molar-refractivity contribution is -0.163. The lowest BCUT2D eigenvalue weighted by atomic mass is 10.1. The molecule has 0 aliphatic carbocycles. The maximum absolute atomic E-state index is 12.8. The van der Waals surface area contributed by atoms with Crippen LogP contribution in [0, 0.1) is 0 Å². The Balaban J connectivity index is 4.28. The number of carbonyl (C=O) groups excluding carboxylic acids is 2. The molecule has 0 aromatic rings. The molecule has 0 spiro atoms. The van der Waals surface area contributed by atoms with Gasteiger partial charge in [0.1, 0.15) is 6.61 Å². The van der Waals surface area contributed by atoms with E-state index in [1.165, 1.54) is 186 Å². The van der Waals surface area contributed by atoms with Crippen LogP contribution in [-0.4, -0.2) is 37.9 Å². The molecular formula is C61H110O5. The van der Waals surface area contributed by atoms with Crippen molar-refractivity contribution in [2.45, 2.75) is 297 Å². The molecule has 5 nitrogen and oxygen atoms in total. The minimum absolute atomic E-state index is 0.0755. The van der Waals surface area contributed by atoms with Crippen LogP contribution in [0.5, 0.6) is 0 Å². The highest BCUT2D eigenvalue weighted by Gasteiger charge is 2.17. The van der Waals surface area contributed by atoms with Crippen molar-refractivity contribution >= 4 is 11.9 Å². The molecule has 384 valence electrons. The van der Waals surface area contributed by atoms with Crippen LogP contribution in [0.2, 0.25) is 0 Å². The molecule has 5 heteroatoms. The lowest BCUT2D eigenvalue weighted by Crippen LogP contribution is -2.30. The molecule has 0 amide bonds. The van der Waals surface area contributed by atoms with Crippen LogP contribution < -0.4 is 0 Å². The van der Waals surface area contributed by atoms with Gasteiger partial charge in [-0.2, -0.15) is 0 Å². The van der Waals surface area contributed by atoms with Crippen molar-refractivity contribution in [2.75, 3.05) is 19.8 Å². The quantitative estimate of drug-likeness (QED) is 0.0346. The van der Waals surface area contributed by atoms with Crippen molar-refractivity contribution in [1.82, 2.24) is 0 Å². The van der Waals surface area contributed by atoms with Crippen molar-refractivity contribution in [3.05, 3.63) is 60.8 Å². The number of carbonyl (C=O) groups is 2. The second kappa shape index (κ2) is 56.9. The Morgan fingerprint density at radius 2 is 0.682 bits per heavy atom. The predicted octanol–water partition coefficient (Wildman–Crippen LogP) is 19.7. The minimum atomic E-state index is -0.549. The maximum Gasteiger partial charge on any atom is 0.306 e. The van der Waals surface area contributed by atoms with E-state index >= 15 is 0 Å². The smallest absolute Gasteiger partial charge is 0.306 e. The van der Waals surface area contributed by atoms with Gasteiger partial charge in [0.05, 0.1) is 6.61 Å². The fraction of sp³-hybridized carbons (Fsp3) is 0.803. The Hall–Kier alpha value is -2.40. The molecule has 0 radical (unpaired) electrons. The Labute approximate surface area is 411 Å². The van der Waals surface area contributed by atoms with E-state index < -0.39 is 6.10 Å². The van der Waals surface area contributed by atoms with E-state index in [9.17, 15) is 9.59 Å². The topological polar surface area (TPSA) is 61.8 Å². The zero-order valence-corrected chi connectivity index (χ0v) is 44.2. The molecule has 0 fully saturated rings. The maximum atomic E-state index is 12.8. The molecule has 0 aromatic carbocycles. The van der Waals surface area contributed by atoms with E-state index in [0.717, 1.165) is 70.6 Å². The van der Waals surface area contributed by atoms with Crippen molar-refractivity contribution in [2.24, 2.45) is 0 Å². The average Bonchev–Trinajstić information content (AvgIpc) is 3.32. The van der Waals surface area contributed by atoms with Crippen molar-refractivity contribution in [1.29, 1.82) is 0 Å². The van der Waals surface area contributed by atoms with Gasteiger partial charge in [-0.15, -0.1) is 0 Å². The number of allylic oxidation sites excluding steroid dienone is 10. The van der Waals surface area contributed by atoms with E-state index in [0.29, 0.717) is 19.4 Å². The highest BCUT2D eigenvalue weighted by atomic mass is 16.6. The molecule has 0 heterocycles. The van der Waals surface area contributed by atoms with Gasteiger partial charge in [-0.25, -0.2) is 0 Å². The summed E-state index contributed by atoms with van der Waals surface area (Å²) < 4.78 is 17.5. The summed E-state index contributed by atoms with van der Waals surface area (Å²) in [6.07, 6.45) is 72.4. The average molecular weight is 924 g/mol. The molecule has 66 heavy (non-hydrogen) atoms. The summed E-state index contributed by atoms with van der Waals surface area (Å²) in [5.41, 5.74) is 0. The van der Waals surface area contributed by atoms with Gasteiger partial charge in [-0.05, 0) is 103 Å². The standard InChI is InChI=1S/C61H110O5/c1-4-7-10-13-16-19-22-25-28-30-32-35-38-41-44-47-50-53-56-64-57-59(66-61(63)55-52-49-46-43-40-37-33-27-24-21-18-15-12-9-6-3)58-65-60(62)54-51-48-45-42-39-36-34-31-29-26-23-20-17-14-11-8-5-2/h9,12,18,21,25-29,33,59H,4-8,10-11,13-17,19-20,22-24,30-32,34-58H2,1-3H3/b12-9-,21-18-,28-25-,29-26-,33-27-. The fourth-order valence-corrected chi connectivity index (χ4v) is 8.22. The molecule has 0 N–H and O–H groups in total. The van der Waals surface area contributed by atoms with Crippen LogP contribution in [0.25, 0.3) is 0 Å². The Kier molecular flexibility index (Phi) is 54.9. The zero-order valence-electron chi connectivity index (χ0n) is 44.2. The van der Waals surface area contributed by atoms with Crippen LogP contribution in [-0.2, 0) is 23.8 Å². The SMILES string of the molecule is CC/C=C\C/C=C\C/C=C\CCCCCCCC(=O)OC(COCCCCCCCCCC/C=C\CCCCCCCC)COC(=O)CCCCCCCCC/C=C\CCCCCCCC. The van der Waals surface area contributed by atoms with Crippen LogP contribution in [0.3, 0.4) is 0 Å². The summed E-state index contributed by atoms with van der Waals surface area (Å²) in [6, 6.07) is 0. The summed E-state index contributed by atoms with van der Waals surface area (Å²) in [4.78, 5) is 25.5. The summed E-state index contributed by atoms with van der Waals surface area (Å²) >= 11 is 0. The highest BCUT2D eigenvalue weighted by Crippen LogP contribution is 2.15. The predicted molar refractivity (Wildman–Crippen MR) is 288 cm³/mol. The van der Waals surface area contributed by atoms with Gasteiger partial charge < -0.3 is 14.2 Å². The monoisotopic (exact) mass is 923 g/mol. The first-order valence-electron chi connectivity index (χ1n) is 28.8. The van der Waals surface area contributed by atoms with E-state index in [1.54, 1.807) is 0 Å². The Bertz CT molecular complexity index is 1130. The second-order valence-electron chi connectivity index (χ2n) is 19.2. The molecule has 0 aromatic heterocycles. The van der Waals surface area contributed by atoms with Gasteiger partial charge in [0.15, 0.2) is 6.10 Å². The molecular weight excluding hydrogens is 813 g/mol. The third kappa shape index (κ3) is 54.2.